The van der Waals surface area contributed by atoms with E-state index in [0.29, 0.717) is 33.5 Å². The van der Waals surface area contributed by atoms with Crippen LogP contribution in [-0.4, -0.2) is 40.8 Å². The summed E-state index contributed by atoms with van der Waals surface area (Å²) in [6.07, 6.45) is -1.02. The zero-order valence-corrected chi connectivity index (χ0v) is 19.3. The van der Waals surface area contributed by atoms with Crippen molar-refractivity contribution < 1.29 is 13.5 Å². The number of alkyl halides is 2. The highest BCUT2D eigenvalue weighted by Crippen LogP contribution is 2.28. The Morgan fingerprint density at radius 1 is 1.17 bits per heavy atom. The standard InChI is InChI=1S/C25H19F2N5O2S/c1-29-11-16-8-14(2-5-19(16)28)18-9-15-3-7-23(34-12-22(26)27)31-24(15)32(25(18)33)17-4-6-21-20(10-17)30-13-35-21/h2-11,13,22H,12,28H2,1H3. The van der Waals surface area contributed by atoms with Crippen molar-refractivity contribution >= 4 is 44.5 Å². The molecule has 0 radical (unpaired) electrons. The lowest BCUT2D eigenvalue weighted by atomic mass is 10.0. The van der Waals surface area contributed by atoms with Gasteiger partial charge in [0.1, 0.15) is 0 Å². The number of nitrogens with zero attached hydrogens (tertiary/aromatic N) is 4. The summed E-state index contributed by atoms with van der Waals surface area (Å²) in [5.74, 6) is 0.00219. The molecule has 0 amide bonds. The van der Waals surface area contributed by atoms with Crippen molar-refractivity contribution in [1.29, 1.82) is 0 Å². The minimum Gasteiger partial charge on any atom is -0.472 e. The third kappa shape index (κ3) is 4.35. The zero-order valence-electron chi connectivity index (χ0n) is 18.5. The summed E-state index contributed by atoms with van der Waals surface area (Å²) in [6, 6.07) is 15.7. The monoisotopic (exact) mass is 491 g/mol. The average molecular weight is 492 g/mol. The second-order valence-corrected chi connectivity index (χ2v) is 8.58. The van der Waals surface area contributed by atoms with Crippen LogP contribution in [0.2, 0.25) is 0 Å². The summed E-state index contributed by atoms with van der Waals surface area (Å²) in [6.45, 7) is -0.793. The molecule has 10 heteroatoms. The number of hydrogen-bond donors (Lipinski definition) is 1. The Hall–Kier alpha value is -4.18. The number of halogens is 2. The highest BCUT2D eigenvalue weighted by molar-refractivity contribution is 7.16. The van der Waals surface area contributed by atoms with Gasteiger partial charge in [0, 0.05) is 41.5 Å². The van der Waals surface area contributed by atoms with Crippen LogP contribution in [0.4, 0.5) is 14.5 Å². The third-order valence-electron chi connectivity index (χ3n) is 5.42. The molecule has 2 aromatic carbocycles. The van der Waals surface area contributed by atoms with Gasteiger partial charge in [0.2, 0.25) is 5.88 Å². The molecule has 0 aliphatic carbocycles. The molecule has 3 heterocycles. The van der Waals surface area contributed by atoms with Crippen LogP contribution in [0.1, 0.15) is 5.56 Å². The number of thiazole rings is 1. The number of rotatable bonds is 6. The molecule has 5 aromatic rings. The van der Waals surface area contributed by atoms with Crippen LogP contribution < -0.4 is 16.0 Å². The largest absolute Gasteiger partial charge is 0.472 e. The first-order valence-electron chi connectivity index (χ1n) is 10.6. The molecule has 0 unspecified atom stereocenters. The number of nitrogens with two attached hydrogens (primary N) is 1. The van der Waals surface area contributed by atoms with E-state index >= 15 is 0 Å². The number of nitrogen functional groups attached to an aromatic ring is 1. The molecule has 0 bridgehead atoms. The summed E-state index contributed by atoms with van der Waals surface area (Å²) in [5, 5.41) is 0.630. The minimum absolute atomic E-state index is 0.00219. The number of benzene rings is 2. The minimum atomic E-state index is -2.64. The molecule has 5 rings (SSSR count). The number of fused-ring (bicyclic) bond motifs is 2. The maximum Gasteiger partial charge on any atom is 0.272 e. The molecule has 2 N–H and O–H groups in total. The van der Waals surface area contributed by atoms with E-state index in [-0.39, 0.29) is 17.1 Å². The third-order valence-corrected chi connectivity index (χ3v) is 6.23. The Labute approximate surface area is 202 Å². The van der Waals surface area contributed by atoms with Crippen molar-refractivity contribution in [2.24, 2.45) is 4.99 Å². The Balaban J connectivity index is 1.77. The molecule has 0 aliphatic heterocycles. The van der Waals surface area contributed by atoms with Gasteiger partial charge in [0.25, 0.3) is 12.0 Å². The summed E-state index contributed by atoms with van der Waals surface area (Å²) in [7, 11) is 1.64. The van der Waals surface area contributed by atoms with E-state index in [4.69, 9.17) is 10.5 Å². The highest BCUT2D eigenvalue weighted by atomic mass is 32.1. The summed E-state index contributed by atoms with van der Waals surface area (Å²) >= 11 is 1.49. The van der Waals surface area contributed by atoms with Gasteiger partial charge in [-0.15, -0.1) is 11.3 Å². The number of aromatic nitrogens is 3. The first-order chi connectivity index (χ1) is 16.9. The van der Waals surface area contributed by atoms with Gasteiger partial charge in [0.05, 0.1) is 21.4 Å². The molecule has 0 atom stereocenters. The molecule has 35 heavy (non-hydrogen) atoms. The van der Waals surface area contributed by atoms with E-state index in [1.807, 2.05) is 6.07 Å². The lowest BCUT2D eigenvalue weighted by Gasteiger charge is -2.14. The Bertz CT molecular complexity index is 1640. The number of hydrogen-bond acceptors (Lipinski definition) is 7. The van der Waals surface area contributed by atoms with E-state index in [1.165, 1.54) is 22.0 Å². The average Bonchev–Trinajstić information content (AvgIpc) is 3.32. The SMILES string of the molecule is CN=Cc1cc(-c2cc3ccc(OCC(F)F)nc3n(-c3ccc4scnc4c3)c2=O)ccc1N. The van der Waals surface area contributed by atoms with Crippen molar-refractivity contribution in [3.05, 3.63) is 76.0 Å². The van der Waals surface area contributed by atoms with Gasteiger partial charge in [-0.25, -0.2) is 13.8 Å². The molecule has 176 valence electrons. The number of anilines is 1. The smallest absolute Gasteiger partial charge is 0.272 e. The second-order valence-electron chi connectivity index (χ2n) is 7.70. The highest BCUT2D eigenvalue weighted by Gasteiger charge is 2.17. The maximum absolute atomic E-state index is 13.9. The molecular weight excluding hydrogens is 472 g/mol. The maximum atomic E-state index is 13.9. The first kappa shape index (κ1) is 22.6. The van der Waals surface area contributed by atoms with E-state index < -0.39 is 13.0 Å². The van der Waals surface area contributed by atoms with Gasteiger partial charge in [-0.1, -0.05) is 6.07 Å². The van der Waals surface area contributed by atoms with Crippen LogP contribution >= 0.6 is 11.3 Å². The quantitative estimate of drug-likeness (QED) is 0.268. The zero-order chi connectivity index (χ0) is 24.5. The van der Waals surface area contributed by atoms with Gasteiger partial charge in [0.15, 0.2) is 12.3 Å². The number of pyridine rings is 2. The van der Waals surface area contributed by atoms with Gasteiger partial charge in [-0.3, -0.25) is 14.4 Å². The fourth-order valence-electron chi connectivity index (χ4n) is 3.82. The fraction of sp³-hybridized carbons (Fsp3) is 0.120. The summed E-state index contributed by atoms with van der Waals surface area (Å²) < 4.78 is 32.9. The second kappa shape index (κ2) is 9.22. The van der Waals surface area contributed by atoms with E-state index in [2.05, 4.69) is 15.0 Å². The van der Waals surface area contributed by atoms with Crippen LogP contribution in [0.15, 0.2) is 69.9 Å². The molecule has 3 aromatic heterocycles. The number of aliphatic imine (C=N–C) groups is 1. The predicted molar refractivity (Wildman–Crippen MR) is 135 cm³/mol. The summed E-state index contributed by atoms with van der Waals surface area (Å²) in [5.41, 5.74) is 11.3. The normalized spacial score (nSPS) is 11.8. The topological polar surface area (TPSA) is 95.4 Å². The Kier molecular flexibility index (Phi) is 5.96. The Morgan fingerprint density at radius 3 is 2.83 bits per heavy atom. The molecule has 0 aliphatic rings. The van der Waals surface area contributed by atoms with E-state index in [9.17, 15) is 13.6 Å². The van der Waals surface area contributed by atoms with E-state index in [1.54, 1.807) is 61.2 Å². The predicted octanol–water partition coefficient (Wildman–Crippen LogP) is 4.94. The molecule has 0 saturated heterocycles. The van der Waals surface area contributed by atoms with Crippen molar-refractivity contribution in [2.75, 3.05) is 19.4 Å². The van der Waals surface area contributed by atoms with Crippen LogP contribution in [-0.2, 0) is 0 Å². The molecule has 0 spiro atoms. The van der Waals surface area contributed by atoms with E-state index in [0.717, 1.165) is 10.2 Å². The molecule has 7 nitrogen and oxygen atoms in total. The van der Waals surface area contributed by atoms with Gasteiger partial charge >= 0.3 is 0 Å². The van der Waals surface area contributed by atoms with Crippen LogP contribution in [0.25, 0.3) is 38.1 Å². The van der Waals surface area contributed by atoms with Gasteiger partial charge < -0.3 is 10.5 Å². The van der Waals surface area contributed by atoms with Gasteiger partial charge in [-0.05, 0) is 48.0 Å². The molecular formula is C25H19F2N5O2S. The lowest BCUT2D eigenvalue weighted by molar-refractivity contribution is 0.0797. The first-order valence-corrected chi connectivity index (χ1v) is 11.5. The Morgan fingerprint density at radius 2 is 2.03 bits per heavy atom. The van der Waals surface area contributed by atoms with Crippen molar-refractivity contribution in [1.82, 2.24) is 14.5 Å². The summed E-state index contributed by atoms with van der Waals surface area (Å²) in [4.78, 5) is 26.6. The molecule has 0 saturated carbocycles. The van der Waals surface area contributed by atoms with Crippen molar-refractivity contribution in [2.45, 2.75) is 6.43 Å². The van der Waals surface area contributed by atoms with Gasteiger partial charge in [-0.2, -0.15) is 4.98 Å². The van der Waals surface area contributed by atoms with Crippen LogP contribution in [0.5, 0.6) is 5.88 Å². The molecule has 0 fully saturated rings. The number of ether oxygens (including phenoxy) is 1. The van der Waals surface area contributed by atoms with Crippen LogP contribution in [0.3, 0.4) is 0 Å². The van der Waals surface area contributed by atoms with Crippen LogP contribution in [0, 0.1) is 0 Å². The fourth-order valence-corrected chi connectivity index (χ4v) is 4.48. The lowest BCUT2D eigenvalue weighted by Crippen LogP contribution is -2.21. The van der Waals surface area contributed by atoms with Crippen molar-refractivity contribution in [3.63, 3.8) is 0 Å². The van der Waals surface area contributed by atoms with Crippen molar-refractivity contribution in [3.8, 4) is 22.7 Å².